The second-order valence-electron chi connectivity index (χ2n) is 9.62. The van der Waals surface area contributed by atoms with Gasteiger partial charge in [0, 0.05) is 19.0 Å². The second-order valence-corrected chi connectivity index (χ2v) is 11.7. The van der Waals surface area contributed by atoms with Crippen LogP contribution >= 0.6 is 19.3 Å². The van der Waals surface area contributed by atoms with E-state index in [0.29, 0.717) is 17.6 Å². The van der Waals surface area contributed by atoms with Crippen molar-refractivity contribution in [3.05, 3.63) is 35.6 Å². The third-order valence-corrected chi connectivity index (χ3v) is 8.64. The molecule has 210 valence electrons. The molecule has 2 aromatic heterocycles. The number of benzene rings is 1. The van der Waals surface area contributed by atoms with Gasteiger partial charge in [0.05, 0.1) is 31.2 Å². The normalized spacial score (nSPS) is 23.3. The number of nitrogen functional groups attached to an aromatic ring is 1. The number of nitrogens with one attached hydrogen (secondary N) is 1. The standard InChI is InChI=1S/C24H31ClN7O6P/c1-14-11-16(12-36-39(34,30-15(2)23(33)35-3)38-18-8-5-4-7-17(18)25)37-22(14)32-13-27-19-20(31-9-6-10-31)28-24(26)29-21(19)32/h4-5,7-8,13-16,22H,6,9-12H2,1-3H3,(H,30,34)(H2,26,28,29)/t14-,15-,16-,22+,39?/m0/s1. The topological polar surface area (TPSA) is 156 Å². The summed E-state index contributed by atoms with van der Waals surface area (Å²) in [5.41, 5.74) is 7.28. The van der Waals surface area contributed by atoms with Crippen LogP contribution in [0.25, 0.3) is 11.2 Å². The van der Waals surface area contributed by atoms with E-state index < -0.39 is 32.1 Å². The van der Waals surface area contributed by atoms with E-state index in [1.807, 2.05) is 11.5 Å². The van der Waals surface area contributed by atoms with Gasteiger partial charge in [0.15, 0.2) is 17.0 Å². The summed E-state index contributed by atoms with van der Waals surface area (Å²) < 4.78 is 38.1. The maximum atomic E-state index is 13.7. The van der Waals surface area contributed by atoms with Crippen LogP contribution in [-0.4, -0.2) is 64.4 Å². The minimum Gasteiger partial charge on any atom is -0.468 e. The molecular formula is C24H31ClN7O6P. The van der Waals surface area contributed by atoms with E-state index in [9.17, 15) is 9.36 Å². The van der Waals surface area contributed by atoms with E-state index in [2.05, 4.69) is 24.9 Å². The molecule has 2 fully saturated rings. The molecule has 0 amide bonds. The molecule has 0 saturated carbocycles. The van der Waals surface area contributed by atoms with Crippen molar-refractivity contribution >= 4 is 48.2 Å². The highest BCUT2D eigenvalue weighted by molar-refractivity contribution is 7.52. The first-order valence-electron chi connectivity index (χ1n) is 12.6. The lowest BCUT2D eigenvalue weighted by Crippen LogP contribution is -2.38. The lowest BCUT2D eigenvalue weighted by Gasteiger charge is -2.32. The molecule has 2 aliphatic heterocycles. The molecular weight excluding hydrogens is 549 g/mol. The molecule has 1 aromatic carbocycles. The summed E-state index contributed by atoms with van der Waals surface area (Å²) in [6.07, 6.45) is 2.52. The Labute approximate surface area is 230 Å². The van der Waals surface area contributed by atoms with Crippen molar-refractivity contribution in [3.8, 4) is 5.75 Å². The first-order chi connectivity index (χ1) is 18.7. The summed E-state index contributed by atoms with van der Waals surface area (Å²) >= 11 is 6.20. The number of nitrogens with two attached hydrogens (primary N) is 1. The van der Waals surface area contributed by atoms with Gasteiger partial charge in [0.25, 0.3) is 0 Å². The molecule has 39 heavy (non-hydrogen) atoms. The van der Waals surface area contributed by atoms with Gasteiger partial charge >= 0.3 is 13.7 Å². The van der Waals surface area contributed by atoms with Crippen LogP contribution in [-0.2, 0) is 23.4 Å². The van der Waals surface area contributed by atoms with Gasteiger partial charge in [-0.3, -0.25) is 13.9 Å². The average molecular weight is 580 g/mol. The fourth-order valence-electron chi connectivity index (χ4n) is 4.60. The van der Waals surface area contributed by atoms with Crippen LogP contribution in [0.5, 0.6) is 5.75 Å². The first kappa shape index (κ1) is 27.6. The number of aromatic nitrogens is 4. The van der Waals surface area contributed by atoms with Crippen LogP contribution in [0.2, 0.25) is 5.02 Å². The monoisotopic (exact) mass is 579 g/mol. The van der Waals surface area contributed by atoms with Crippen molar-refractivity contribution in [3.63, 3.8) is 0 Å². The number of hydrogen-bond acceptors (Lipinski definition) is 11. The fraction of sp³-hybridized carbons (Fsp3) is 0.500. The van der Waals surface area contributed by atoms with Crippen molar-refractivity contribution in [1.29, 1.82) is 0 Å². The zero-order chi connectivity index (χ0) is 27.7. The number of halogens is 1. The zero-order valence-electron chi connectivity index (χ0n) is 21.8. The van der Waals surface area contributed by atoms with E-state index in [4.69, 9.17) is 35.9 Å². The van der Waals surface area contributed by atoms with Gasteiger partial charge in [0.1, 0.15) is 18.0 Å². The highest BCUT2D eigenvalue weighted by Crippen LogP contribution is 2.48. The molecule has 3 N–H and O–H groups in total. The Bertz CT molecular complexity index is 1400. The van der Waals surface area contributed by atoms with Gasteiger partial charge < -0.3 is 24.6 Å². The van der Waals surface area contributed by atoms with E-state index in [1.165, 1.54) is 14.0 Å². The van der Waals surface area contributed by atoms with E-state index >= 15 is 0 Å². The first-order valence-corrected chi connectivity index (χ1v) is 14.5. The molecule has 2 aliphatic rings. The number of nitrogens with zero attached hydrogens (tertiary/aromatic N) is 5. The Kier molecular flexibility index (Phi) is 7.97. The van der Waals surface area contributed by atoms with Gasteiger partial charge in [0.2, 0.25) is 5.95 Å². The smallest absolute Gasteiger partial charge is 0.459 e. The van der Waals surface area contributed by atoms with Crippen LogP contribution in [0.4, 0.5) is 11.8 Å². The quantitative estimate of drug-likeness (QED) is 0.266. The Morgan fingerprint density at radius 1 is 1.33 bits per heavy atom. The molecule has 3 aromatic rings. The van der Waals surface area contributed by atoms with Crippen molar-refractivity contribution in [2.75, 3.05) is 37.4 Å². The highest BCUT2D eigenvalue weighted by atomic mass is 35.5. The van der Waals surface area contributed by atoms with Crippen molar-refractivity contribution in [2.45, 2.75) is 45.1 Å². The van der Waals surface area contributed by atoms with E-state index in [-0.39, 0.29) is 29.2 Å². The fourth-order valence-corrected chi connectivity index (χ4v) is 6.37. The number of esters is 1. The van der Waals surface area contributed by atoms with Crippen molar-refractivity contribution in [2.24, 2.45) is 5.92 Å². The maximum Gasteiger partial charge on any atom is 0.459 e. The van der Waals surface area contributed by atoms with Gasteiger partial charge in [-0.05, 0) is 31.9 Å². The van der Waals surface area contributed by atoms with Crippen LogP contribution in [0.3, 0.4) is 0 Å². The number of carbonyl (C=O) groups is 1. The predicted octanol–water partition coefficient (Wildman–Crippen LogP) is 3.55. The summed E-state index contributed by atoms with van der Waals surface area (Å²) in [5, 5.41) is 2.86. The number of carbonyl (C=O) groups excluding carboxylic acids is 1. The lowest BCUT2D eigenvalue weighted by atomic mass is 10.1. The van der Waals surface area contributed by atoms with Crippen LogP contribution in [0, 0.1) is 5.92 Å². The number of anilines is 2. The van der Waals surface area contributed by atoms with Crippen LogP contribution in [0.1, 0.15) is 32.9 Å². The van der Waals surface area contributed by atoms with Crippen molar-refractivity contribution < 1.29 is 27.9 Å². The zero-order valence-corrected chi connectivity index (χ0v) is 23.5. The Morgan fingerprint density at radius 3 is 2.79 bits per heavy atom. The molecule has 0 aliphatic carbocycles. The summed E-state index contributed by atoms with van der Waals surface area (Å²) in [5.74, 6) is 0.450. The van der Waals surface area contributed by atoms with Gasteiger partial charge in [-0.25, -0.2) is 9.55 Å². The molecule has 15 heteroatoms. The minimum atomic E-state index is -4.08. The summed E-state index contributed by atoms with van der Waals surface area (Å²) in [6, 6.07) is 5.57. The highest BCUT2D eigenvalue weighted by Gasteiger charge is 2.39. The van der Waals surface area contributed by atoms with Gasteiger partial charge in [-0.1, -0.05) is 30.7 Å². The Hall–Kier alpha value is -2.96. The number of rotatable bonds is 10. The number of hydrogen-bond donors (Lipinski definition) is 2. The van der Waals surface area contributed by atoms with E-state index in [0.717, 1.165) is 25.3 Å². The number of fused-ring (bicyclic) bond motifs is 1. The average Bonchev–Trinajstić information content (AvgIpc) is 3.45. The van der Waals surface area contributed by atoms with Gasteiger partial charge in [-0.2, -0.15) is 15.1 Å². The summed E-state index contributed by atoms with van der Waals surface area (Å²) in [4.78, 5) is 27.5. The third-order valence-electron chi connectivity index (χ3n) is 6.70. The van der Waals surface area contributed by atoms with Gasteiger partial charge in [-0.15, -0.1) is 0 Å². The molecule has 4 heterocycles. The lowest BCUT2D eigenvalue weighted by molar-refractivity contribution is -0.142. The van der Waals surface area contributed by atoms with Crippen molar-refractivity contribution in [1.82, 2.24) is 24.6 Å². The number of imidazole rings is 1. The Balaban J connectivity index is 1.32. The van der Waals surface area contributed by atoms with Crippen LogP contribution in [0.15, 0.2) is 30.6 Å². The molecule has 5 rings (SSSR count). The number of para-hydroxylation sites is 1. The molecule has 0 bridgehead atoms. The third kappa shape index (κ3) is 5.82. The molecule has 2 saturated heterocycles. The minimum absolute atomic E-state index is 0.0467. The molecule has 0 radical (unpaired) electrons. The second kappa shape index (κ2) is 11.3. The maximum absolute atomic E-state index is 13.7. The SMILES string of the molecule is COC(=O)[C@H](C)NP(=O)(OC[C@@H]1C[C@H](C)[C@H](n2cnc3c(N4CCC4)nc(N)nc32)O1)Oc1ccccc1Cl. The molecule has 0 spiro atoms. The Morgan fingerprint density at radius 2 is 2.10 bits per heavy atom. The largest absolute Gasteiger partial charge is 0.468 e. The van der Waals surface area contributed by atoms with Crippen LogP contribution < -0.4 is 20.2 Å². The number of ether oxygens (including phenoxy) is 2. The summed E-state index contributed by atoms with van der Waals surface area (Å²) in [7, 11) is -2.84. The molecule has 5 atom stereocenters. The molecule has 1 unspecified atom stereocenters. The number of methoxy groups -OCH3 is 1. The molecule has 13 nitrogen and oxygen atoms in total. The van der Waals surface area contributed by atoms with E-state index in [1.54, 1.807) is 30.6 Å². The predicted molar refractivity (Wildman–Crippen MR) is 145 cm³/mol. The summed E-state index contributed by atoms with van der Waals surface area (Å²) in [6.45, 7) is 5.25.